The molecule has 1 unspecified atom stereocenters. The Kier molecular flexibility index (Phi) is 5.96. The first-order chi connectivity index (χ1) is 9.90. The monoisotopic (exact) mass is 291 g/mol. The van der Waals surface area contributed by atoms with Crippen LogP contribution in [0.3, 0.4) is 0 Å². The molecule has 0 N–H and O–H groups in total. The minimum Gasteiger partial charge on any atom is -0.468 e. The van der Waals surface area contributed by atoms with Crippen LogP contribution in [0.15, 0.2) is 42.6 Å². The number of ketones is 1. The van der Waals surface area contributed by atoms with Crippen molar-refractivity contribution in [2.45, 2.75) is 19.4 Å². The van der Waals surface area contributed by atoms with Gasteiger partial charge < -0.3 is 14.4 Å². The quantitative estimate of drug-likeness (QED) is 0.437. The van der Waals surface area contributed by atoms with Gasteiger partial charge in [0.05, 0.1) is 6.61 Å². The van der Waals surface area contributed by atoms with Gasteiger partial charge in [0.15, 0.2) is 0 Å². The van der Waals surface area contributed by atoms with Gasteiger partial charge in [0.25, 0.3) is 5.60 Å². The molecule has 0 aliphatic rings. The van der Waals surface area contributed by atoms with Gasteiger partial charge in [0, 0.05) is 26.4 Å². The number of hydrogen-bond acceptors (Lipinski definition) is 5. The predicted molar refractivity (Wildman–Crippen MR) is 79.9 cm³/mol. The highest BCUT2D eigenvalue weighted by Gasteiger charge is 2.44. The molecular formula is C16H21NO4. The number of carbonyl (C=O) groups excluding carboxylic acids is 2. The van der Waals surface area contributed by atoms with E-state index in [0.717, 1.165) is 0 Å². The Morgan fingerprint density at radius 2 is 1.86 bits per heavy atom. The van der Waals surface area contributed by atoms with Crippen molar-refractivity contribution in [3.8, 4) is 5.75 Å². The Balaban J connectivity index is 3.05. The zero-order chi connectivity index (χ0) is 15.9. The molecule has 0 bridgehead atoms. The summed E-state index contributed by atoms with van der Waals surface area (Å²) in [6.45, 7) is 3.28. The summed E-state index contributed by atoms with van der Waals surface area (Å²) in [5.74, 6) is -0.750. The lowest BCUT2D eigenvalue weighted by molar-refractivity contribution is -0.163. The maximum Gasteiger partial charge on any atom is 0.358 e. The standard InChI is InChI=1S/C16H21NO4/c1-5-20-15(19)16(2,14(18)11-12-17(3)4)21-13-9-7-6-8-10-13/h6-12H,5H2,1-4H3/b12-11+. The molecule has 0 aliphatic carbocycles. The first-order valence-corrected chi connectivity index (χ1v) is 6.70. The molecule has 21 heavy (non-hydrogen) atoms. The van der Waals surface area contributed by atoms with E-state index >= 15 is 0 Å². The largest absolute Gasteiger partial charge is 0.468 e. The van der Waals surface area contributed by atoms with E-state index in [1.165, 1.54) is 13.0 Å². The highest BCUT2D eigenvalue weighted by Crippen LogP contribution is 2.21. The number of hydrogen-bond donors (Lipinski definition) is 0. The van der Waals surface area contributed by atoms with Crippen molar-refractivity contribution < 1.29 is 19.1 Å². The van der Waals surface area contributed by atoms with Gasteiger partial charge in [-0.2, -0.15) is 0 Å². The van der Waals surface area contributed by atoms with Crippen molar-refractivity contribution >= 4 is 11.8 Å². The van der Waals surface area contributed by atoms with Gasteiger partial charge in [-0.15, -0.1) is 0 Å². The molecule has 114 valence electrons. The third-order valence-corrected chi connectivity index (χ3v) is 2.72. The van der Waals surface area contributed by atoms with Crippen molar-refractivity contribution in [1.29, 1.82) is 0 Å². The number of benzene rings is 1. The fourth-order valence-corrected chi connectivity index (χ4v) is 1.56. The number of para-hydroxylation sites is 1. The Morgan fingerprint density at radius 3 is 2.38 bits per heavy atom. The molecule has 0 fully saturated rings. The number of ether oxygens (including phenoxy) is 2. The summed E-state index contributed by atoms with van der Waals surface area (Å²) in [5, 5.41) is 0. The van der Waals surface area contributed by atoms with Gasteiger partial charge in [0.2, 0.25) is 5.78 Å². The summed E-state index contributed by atoms with van der Waals surface area (Å²) in [4.78, 5) is 26.2. The molecule has 0 amide bonds. The molecule has 0 aliphatic heterocycles. The fraction of sp³-hybridized carbons (Fsp3) is 0.375. The molecule has 5 heteroatoms. The van der Waals surface area contributed by atoms with E-state index in [2.05, 4.69) is 0 Å². The number of carbonyl (C=O) groups is 2. The SMILES string of the molecule is CCOC(=O)C(C)(Oc1ccccc1)C(=O)/C=C/N(C)C. The van der Waals surface area contributed by atoms with Crippen LogP contribution in [0.25, 0.3) is 0 Å². The summed E-state index contributed by atoms with van der Waals surface area (Å²) < 4.78 is 10.6. The van der Waals surface area contributed by atoms with Crippen LogP contribution in [0.4, 0.5) is 0 Å². The minimum absolute atomic E-state index is 0.178. The van der Waals surface area contributed by atoms with Gasteiger partial charge in [-0.3, -0.25) is 4.79 Å². The van der Waals surface area contributed by atoms with Crippen LogP contribution in [0.2, 0.25) is 0 Å². The molecular weight excluding hydrogens is 270 g/mol. The topological polar surface area (TPSA) is 55.8 Å². The predicted octanol–water partition coefficient (Wildman–Crippen LogP) is 2.03. The van der Waals surface area contributed by atoms with Crippen LogP contribution in [-0.4, -0.2) is 43.0 Å². The minimum atomic E-state index is -1.70. The first kappa shape index (κ1) is 16.8. The normalized spacial score (nSPS) is 13.5. The van der Waals surface area contributed by atoms with Crippen LogP contribution >= 0.6 is 0 Å². The van der Waals surface area contributed by atoms with Crippen LogP contribution in [0, 0.1) is 0 Å². The molecule has 0 radical (unpaired) electrons. The van der Waals surface area contributed by atoms with Gasteiger partial charge in [-0.1, -0.05) is 18.2 Å². The molecule has 0 saturated carbocycles. The Labute approximate surface area is 125 Å². The number of esters is 1. The van der Waals surface area contributed by atoms with Crippen molar-refractivity contribution in [2.75, 3.05) is 20.7 Å². The average molecular weight is 291 g/mol. The fourth-order valence-electron chi connectivity index (χ4n) is 1.56. The molecule has 0 saturated heterocycles. The Bertz CT molecular complexity index is 510. The number of rotatable bonds is 7. The van der Waals surface area contributed by atoms with Crippen LogP contribution in [0.5, 0.6) is 5.75 Å². The number of nitrogens with zero attached hydrogens (tertiary/aromatic N) is 1. The highest BCUT2D eigenvalue weighted by atomic mass is 16.6. The Morgan fingerprint density at radius 1 is 1.24 bits per heavy atom. The lowest BCUT2D eigenvalue weighted by Gasteiger charge is -2.26. The van der Waals surface area contributed by atoms with E-state index < -0.39 is 17.4 Å². The third kappa shape index (κ3) is 4.63. The summed E-state index contributed by atoms with van der Waals surface area (Å²) in [6, 6.07) is 8.71. The van der Waals surface area contributed by atoms with Crippen LogP contribution in [0.1, 0.15) is 13.8 Å². The van der Waals surface area contributed by atoms with E-state index in [0.29, 0.717) is 5.75 Å². The molecule has 0 aromatic heterocycles. The molecule has 1 aromatic carbocycles. The maximum atomic E-state index is 12.4. The first-order valence-electron chi connectivity index (χ1n) is 6.70. The zero-order valence-electron chi connectivity index (χ0n) is 12.8. The summed E-state index contributed by atoms with van der Waals surface area (Å²) in [7, 11) is 3.56. The molecule has 1 rings (SSSR count). The Hall–Kier alpha value is -2.30. The zero-order valence-corrected chi connectivity index (χ0v) is 12.8. The highest BCUT2D eigenvalue weighted by molar-refractivity contribution is 6.12. The van der Waals surface area contributed by atoms with Gasteiger partial charge in [-0.25, -0.2) is 4.79 Å². The summed E-state index contributed by atoms with van der Waals surface area (Å²) in [5.41, 5.74) is -1.70. The maximum absolute atomic E-state index is 12.4. The van der Waals surface area contributed by atoms with E-state index in [-0.39, 0.29) is 6.61 Å². The van der Waals surface area contributed by atoms with E-state index in [1.807, 2.05) is 6.07 Å². The lowest BCUT2D eigenvalue weighted by Crippen LogP contribution is -2.49. The molecule has 0 spiro atoms. The molecule has 0 heterocycles. The second kappa shape index (κ2) is 7.47. The second-order valence-electron chi connectivity index (χ2n) is 4.81. The summed E-state index contributed by atoms with van der Waals surface area (Å²) >= 11 is 0. The third-order valence-electron chi connectivity index (χ3n) is 2.72. The molecule has 1 atom stereocenters. The van der Waals surface area contributed by atoms with Crippen molar-refractivity contribution in [3.63, 3.8) is 0 Å². The summed E-state index contributed by atoms with van der Waals surface area (Å²) in [6.07, 6.45) is 2.87. The lowest BCUT2D eigenvalue weighted by atomic mass is 10.0. The molecule has 1 aromatic rings. The van der Waals surface area contributed by atoms with E-state index in [9.17, 15) is 9.59 Å². The van der Waals surface area contributed by atoms with Crippen molar-refractivity contribution in [3.05, 3.63) is 42.6 Å². The van der Waals surface area contributed by atoms with Crippen molar-refractivity contribution in [1.82, 2.24) is 4.90 Å². The van der Waals surface area contributed by atoms with Gasteiger partial charge in [0.1, 0.15) is 5.75 Å². The average Bonchev–Trinajstić information content (AvgIpc) is 2.45. The van der Waals surface area contributed by atoms with Crippen LogP contribution < -0.4 is 4.74 Å². The van der Waals surface area contributed by atoms with E-state index in [4.69, 9.17) is 9.47 Å². The van der Waals surface area contributed by atoms with Gasteiger partial charge >= 0.3 is 5.97 Å². The van der Waals surface area contributed by atoms with Crippen LogP contribution in [-0.2, 0) is 14.3 Å². The second-order valence-corrected chi connectivity index (χ2v) is 4.81. The molecule has 5 nitrogen and oxygen atoms in total. The smallest absolute Gasteiger partial charge is 0.358 e. The van der Waals surface area contributed by atoms with E-state index in [1.54, 1.807) is 56.4 Å². The van der Waals surface area contributed by atoms with Crippen molar-refractivity contribution in [2.24, 2.45) is 0 Å². The van der Waals surface area contributed by atoms with Gasteiger partial charge in [-0.05, 0) is 26.0 Å².